The van der Waals surface area contributed by atoms with Crippen LogP contribution in [0, 0.1) is 0 Å². The van der Waals surface area contributed by atoms with Crippen LogP contribution in [-0.4, -0.2) is 33.6 Å². The summed E-state index contributed by atoms with van der Waals surface area (Å²) in [6.45, 7) is 0.303. The molecule has 7 nitrogen and oxygen atoms in total. The van der Waals surface area contributed by atoms with Crippen LogP contribution in [0.2, 0.25) is 0 Å². The van der Waals surface area contributed by atoms with Gasteiger partial charge in [0.2, 0.25) is 5.91 Å². The first-order chi connectivity index (χ1) is 14.0. The summed E-state index contributed by atoms with van der Waals surface area (Å²) in [4.78, 5) is 36.0. The predicted octanol–water partition coefficient (Wildman–Crippen LogP) is 2.89. The molecule has 0 aliphatic carbocycles. The third kappa shape index (κ3) is 5.75. The van der Waals surface area contributed by atoms with E-state index in [1.165, 1.54) is 5.01 Å². The monoisotopic (exact) mass is 393 g/mol. The number of hydrogen-bond acceptors (Lipinski definition) is 4. The van der Waals surface area contributed by atoms with Crippen molar-refractivity contribution in [1.82, 2.24) is 10.3 Å². The third-order valence-corrected chi connectivity index (χ3v) is 4.70. The number of carboxylic acid groups (broad SMARTS) is 1. The maximum atomic E-state index is 12.8. The Balaban J connectivity index is 1.73. The van der Waals surface area contributed by atoms with Gasteiger partial charge in [0.05, 0.1) is 12.6 Å². The fraction of sp³-hybridized carbons (Fsp3) is 0.273. The normalized spacial score (nSPS) is 14.8. The van der Waals surface area contributed by atoms with Crippen molar-refractivity contribution in [3.8, 4) is 0 Å². The minimum Gasteiger partial charge on any atom is -0.481 e. The zero-order valence-corrected chi connectivity index (χ0v) is 16.0. The first-order valence-corrected chi connectivity index (χ1v) is 9.52. The van der Waals surface area contributed by atoms with Gasteiger partial charge in [0.25, 0.3) is 5.91 Å². The molecule has 0 saturated carbocycles. The van der Waals surface area contributed by atoms with Crippen LogP contribution in [-0.2, 0) is 20.9 Å². The van der Waals surface area contributed by atoms with Gasteiger partial charge in [0, 0.05) is 19.3 Å². The van der Waals surface area contributed by atoms with Crippen LogP contribution in [0.15, 0.2) is 65.8 Å². The Bertz CT molecular complexity index is 897. The molecule has 1 atom stereocenters. The molecule has 150 valence electrons. The highest BCUT2D eigenvalue weighted by molar-refractivity contribution is 6.39. The molecule has 1 heterocycles. The Morgan fingerprint density at radius 2 is 1.69 bits per heavy atom. The van der Waals surface area contributed by atoms with E-state index in [0.717, 1.165) is 11.1 Å². The van der Waals surface area contributed by atoms with Gasteiger partial charge in [-0.1, -0.05) is 60.7 Å². The summed E-state index contributed by atoms with van der Waals surface area (Å²) >= 11 is 0. The molecular weight excluding hydrogens is 370 g/mol. The van der Waals surface area contributed by atoms with E-state index in [1.807, 2.05) is 60.7 Å². The van der Waals surface area contributed by atoms with Gasteiger partial charge in [-0.2, -0.15) is 5.10 Å². The molecule has 2 aromatic carbocycles. The van der Waals surface area contributed by atoms with E-state index in [2.05, 4.69) is 10.4 Å². The van der Waals surface area contributed by atoms with E-state index in [4.69, 9.17) is 5.11 Å². The van der Waals surface area contributed by atoms with Crippen LogP contribution >= 0.6 is 0 Å². The maximum absolute atomic E-state index is 12.8. The zero-order chi connectivity index (χ0) is 20.6. The Morgan fingerprint density at radius 3 is 2.34 bits per heavy atom. The van der Waals surface area contributed by atoms with Crippen LogP contribution in [0.4, 0.5) is 0 Å². The number of carboxylic acids is 1. The average Bonchev–Trinajstić information content (AvgIpc) is 2.73. The lowest BCUT2D eigenvalue weighted by molar-refractivity contribution is -0.137. The number of nitrogens with zero attached hydrogens (tertiary/aromatic N) is 2. The quantitative estimate of drug-likeness (QED) is 0.720. The van der Waals surface area contributed by atoms with Crippen molar-refractivity contribution in [3.63, 3.8) is 0 Å². The van der Waals surface area contributed by atoms with Crippen LogP contribution in [0.5, 0.6) is 0 Å². The molecule has 0 saturated heterocycles. The number of benzene rings is 2. The first-order valence-electron chi connectivity index (χ1n) is 9.52. The number of hydrogen-bond donors (Lipinski definition) is 2. The molecule has 0 fully saturated rings. The highest BCUT2D eigenvalue weighted by Gasteiger charge is 2.26. The first kappa shape index (κ1) is 20.3. The van der Waals surface area contributed by atoms with E-state index >= 15 is 0 Å². The molecule has 29 heavy (non-hydrogen) atoms. The number of amides is 2. The molecule has 1 unspecified atom stereocenters. The molecule has 2 aromatic rings. The summed E-state index contributed by atoms with van der Waals surface area (Å²) in [5.74, 6) is -1.43. The van der Waals surface area contributed by atoms with Crippen molar-refractivity contribution >= 4 is 23.5 Å². The predicted molar refractivity (Wildman–Crippen MR) is 108 cm³/mol. The molecule has 1 aliphatic heterocycles. The van der Waals surface area contributed by atoms with Gasteiger partial charge >= 0.3 is 5.97 Å². The fourth-order valence-electron chi connectivity index (χ4n) is 3.16. The molecule has 7 heteroatoms. The lowest BCUT2D eigenvalue weighted by Crippen LogP contribution is -2.40. The molecule has 2 N–H and O–H groups in total. The van der Waals surface area contributed by atoms with E-state index < -0.39 is 12.0 Å². The minimum absolute atomic E-state index is 0.0645. The second kappa shape index (κ2) is 9.64. The molecule has 3 rings (SSSR count). The fourth-order valence-corrected chi connectivity index (χ4v) is 3.16. The number of carbonyl (C=O) groups is 3. The highest BCUT2D eigenvalue weighted by Crippen LogP contribution is 2.20. The largest absolute Gasteiger partial charge is 0.481 e. The van der Waals surface area contributed by atoms with Gasteiger partial charge in [-0.25, -0.2) is 5.01 Å². The summed E-state index contributed by atoms with van der Waals surface area (Å²) in [5.41, 5.74) is 2.03. The van der Waals surface area contributed by atoms with Gasteiger partial charge in [-0.05, 0) is 17.5 Å². The number of nitrogens with one attached hydrogen (secondary N) is 1. The number of carbonyl (C=O) groups excluding carboxylic acids is 2. The van der Waals surface area contributed by atoms with Crippen LogP contribution in [0.25, 0.3) is 0 Å². The number of rotatable bonds is 8. The zero-order valence-electron chi connectivity index (χ0n) is 16.0. The van der Waals surface area contributed by atoms with Crippen LogP contribution in [0.1, 0.15) is 42.9 Å². The van der Waals surface area contributed by atoms with Crippen LogP contribution < -0.4 is 5.32 Å². The summed E-state index contributed by atoms with van der Waals surface area (Å²) in [5, 5.41) is 17.5. The molecule has 1 aliphatic rings. The summed E-state index contributed by atoms with van der Waals surface area (Å²) in [6.07, 6.45) is 0.677. The van der Waals surface area contributed by atoms with Crippen molar-refractivity contribution in [2.75, 3.05) is 0 Å². The Labute approximate surface area is 169 Å². The summed E-state index contributed by atoms with van der Waals surface area (Å²) in [7, 11) is 0. The minimum atomic E-state index is -0.921. The molecule has 0 spiro atoms. The smallest absolute Gasteiger partial charge is 0.303 e. The summed E-state index contributed by atoms with van der Waals surface area (Å²) in [6, 6.07) is 18.2. The highest BCUT2D eigenvalue weighted by atomic mass is 16.4. The van der Waals surface area contributed by atoms with Gasteiger partial charge in [0.15, 0.2) is 0 Å². The standard InChI is InChI=1S/C22H23N3O4/c26-20-13-11-19(24-25(20)15-16-7-3-1-4-8-16)22(29)23-18(12-14-21(27)28)17-9-5-2-6-10-17/h1-10,18H,11-15H2,(H,23,29)(H,27,28). The molecule has 2 amide bonds. The van der Waals surface area contributed by atoms with Crippen molar-refractivity contribution in [3.05, 3.63) is 71.8 Å². The van der Waals surface area contributed by atoms with Crippen molar-refractivity contribution in [2.45, 2.75) is 38.3 Å². The van der Waals surface area contributed by atoms with Crippen molar-refractivity contribution in [1.29, 1.82) is 0 Å². The van der Waals surface area contributed by atoms with Crippen molar-refractivity contribution in [2.24, 2.45) is 5.10 Å². The average molecular weight is 393 g/mol. The maximum Gasteiger partial charge on any atom is 0.303 e. The Hall–Kier alpha value is -3.48. The lowest BCUT2D eigenvalue weighted by atomic mass is 10.0. The second-order valence-electron chi connectivity index (χ2n) is 6.85. The molecule has 0 bridgehead atoms. The van der Waals surface area contributed by atoms with Gasteiger partial charge in [-0.15, -0.1) is 0 Å². The summed E-state index contributed by atoms with van der Waals surface area (Å²) < 4.78 is 0. The van der Waals surface area contributed by atoms with E-state index in [-0.39, 0.29) is 43.2 Å². The Kier molecular flexibility index (Phi) is 6.73. The van der Waals surface area contributed by atoms with E-state index in [1.54, 1.807) is 0 Å². The van der Waals surface area contributed by atoms with Gasteiger partial charge in [-0.3, -0.25) is 14.4 Å². The topological polar surface area (TPSA) is 99.1 Å². The second-order valence-corrected chi connectivity index (χ2v) is 6.85. The van der Waals surface area contributed by atoms with E-state index in [0.29, 0.717) is 6.54 Å². The SMILES string of the molecule is O=C(O)CCC(NC(=O)C1=NN(Cc2ccccc2)C(=O)CC1)c1ccccc1. The Morgan fingerprint density at radius 1 is 1.03 bits per heavy atom. The molecule has 0 aromatic heterocycles. The van der Waals surface area contributed by atoms with E-state index in [9.17, 15) is 14.4 Å². The van der Waals surface area contributed by atoms with Gasteiger partial charge in [0.1, 0.15) is 5.71 Å². The van der Waals surface area contributed by atoms with Gasteiger partial charge < -0.3 is 10.4 Å². The number of hydrazone groups is 1. The molecular formula is C22H23N3O4. The lowest BCUT2D eigenvalue weighted by Gasteiger charge is -2.25. The van der Waals surface area contributed by atoms with Crippen molar-refractivity contribution < 1.29 is 19.5 Å². The third-order valence-electron chi connectivity index (χ3n) is 4.70. The molecule has 0 radical (unpaired) electrons. The number of aliphatic carboxylic acids is 1. The van der Waals surface area contributed by atoms with Crippen LogP contribution in [0.3, 0.4) is 0 Å².